The first-order chi connectivity index (χ1) is 14.5. The third-order valence-corrected chi connectivity index (χ3v) is 6.44. The van der Waals surface area contributed by atoms with E-state index in [1.54, 1.807) is 12.1 Å². The van der Waals surface area contributed by atoms with Crippen molar-refractivity contribution in [3.63, 3.8) is 0 Å². The average Bonchev–Trinajstić information content (AvgIpc) is 3.38. The summed E-state index contributed by atoms with van der Waals surface area (Å²) >= 11 is 2.68. The van der Waals surface area contributed by atoms with Gasteiger partial charge in [-0.25, -0.2) is 4.79 Å². The Morgan fingerprint density at radius 2 is 1.83 bits per heavy atom. The number of ether oxygens (including phenoxy) is 2. The van der Waals surface area contributed by atoms with E-state index in [1.807, 2.05) is 48.7 Å². The molecule has 2 aromatic carbocycles. The number of rotatable bonds is 6. The molecule has 1 N–H and O–H groups in total. The maximum absolute atomic E-state index is 12.6. The number of amides is 1. The van der Waals surface area contributed by atoms with E-state index in [2.05, 4.69) is 11.4 Å². The number of methoxy groups -OCH3 is 1. The molecule has 0 spiro atoms. The quantitative estimate of drug-likeness (QED) is 0.382. The Labute approximate surface area is 181 Å². The van der Waals surface area contributed by atoms with Crippen molar-refractivity contribution in [1.29, 1.82) is 0 Å². The largest absolute Gasteiger partial charge is 0.489 e. The Kier molecular flexibility index (Phi) is 5.83. The third-order valence-electron chi connectivity index (χ3n) is 4.49. The molecule has 0 fully saturated rings. The maximum atomic E-state index is 12.6. The molecule has 0 saturated heterocycles. The topological polar surface area (TPSA) is 64.6 Å². The summed E-state index contributed by atoms with van der Waals surface area (Å²) in [5, 5.41) is 7.49. The van der Waals surface area contributed by atoms with Gasteiger partial charge in [-0.05, 0) is 47.3 Å². The number of anilines is 1. The first kappa shape index (κ1) is 20.1. The number of carbonyl (C=O) groups excluding carboxylic acids is 2. The number of hydrogen-bond acceptors (Lipinski definition) is 6. The van der Waals surface area contributed by atoms with Gasteiger partial charge in [0, 0.05) is 10.4 Å². The fraction of sp³-hybridized carbons (Fsp3) is 0.130. The monoisotopic (exact) mass is 437 g/mol. The summed E-state index contributed by atoms with van der Waals surface area (Å²) < 4.78 is 10.7. The molecule has 1 amide bonds. The summed E-state index contributed by atoms with van der Waals surface area (Å²) in [5.41, 5.74) is 1.28. The van der Waals surface area contributed by atoms with Crippen LogP contribution in [0, 0.1) is 6.92 Å². The summed E-state index contributed by atoms with van der Waals surface area (Å²) in [6, 6.07) is 17.6. The van der Waals surface area contributed by atoms with Crippen LogP contribution in [0.1, 0.15) is 30.5 Å². The Balaban J connectivity index is 1.42. The maximum Gasteiger partial charge on any atom is 0.340 e. The van der Waals surface area contributed by atoms with Crippen molar-refractivity contribution in [2.75, 3.05) is 12.4 Å². The molecule has 2 aromatic heterocycles. The van der Waals surface area contributed by atoms with Crippen LogP contribution in [0.4, 0.5) is 5.00 Å². The SMILES string of the molecule is COC(=O)c1cc(C)sc1NC(=O)c1cc(COc2ccc3ccccc3c2)cs1. The van der Waals surface area contributed by atoms with Gasteiger partial charge < -0.3 is 14.8 Å². The minimum Gasteiger partial charge on any atom is -0.489 e. The zero-order valence-corrected chi connectivity index (χ0v) is 18.1. The van der Waals surface area contributed by atoms with Gasteiger partial charge in [0.05, 0.1) is 17.6 Å². The Bertz CT molecular complexity index is 1220. The lowest BCUT2D eigenvalue weighted by molar-refractivity contribution is 0.0602. The van der Waals surface area contributed by atoms with E-state index in [1.165, 1.54) is 29.8 Å². The highest BCUT2D eigenvalue weighted by atomic mass is 32.1. The van der Waals surface area contributed by atoms with Gasteiger partial charge in [0.25, 0.3) is 5.91 Å². The molecule has 0 radical (unpaired) electrons. The average molecular weight is 438 g/mol. The minimum absolute atomic E-state index is 0.260. The van der Waals surface area contributed by atoms with Gasteiger partial charge >= 0.3 is 5.97 Å². The van der Waals surface area contributed by atoms with E-state index < -0.39 is 5.97 Å². The third kappa shape index (κ3) is 4.37. The van der Waals surface area contributed by atoms with E-state index in [0.29, 0.717) is 22.0 Å². The van der Waals surface area contributed by atoms with Gasteiger partial charge in [0.1, 0.15) is 17.4 Å². The van der Waals surface area contributed by atoms with Crippen LogP contribution in [0.5, 0.6) is 5.75 Å². The van der Waals surface area contributed by atoms with Crippen LogP contribution < -0.4 is 10.1 Å². The summed E-state index contributed by atoms with van der Waals surface area (Å²) in [6.45, 7) is 2.24. The number of fused-ring (bicyclic) bond motifs is 1. The predicted octanol–water partition coefficient (Wildman–Crippen LogP) is 5.89. The van der Waals surface area contributed by atoms with E-state index in [4.69, 9.17) is 9.47 Å². The first-order valence-corrected chi connectivity index (χ1v) is 10.9. The smallest absolute Gasteiger partial charge is 0.340 e. The van der Waals surface area contributed by atoms with Crippen molar-refractivity contribution in [1.82, 2.24) is 0 Å². The fourth-order valence-electron chi connectivity index (χ4n) is 3.03. The van der Waals surface area contributed by atoms with Gasteiger partial charge in [0.15, 0.2) is 0 Å². The lowest BCUT2D eigenvalue weighted by atomic mass is 10.1. The second-order valence-corrected chi connectivity index (χ2v) is 8.83. The molecule has 152 valence electrons. The molecule has 5 nitrogen and oxygen atoms in total. The molecule has 0 aliphatic heterocycles. The summed E-state index contributed by atoms with van der Waals surface area (Å²) in [7, 11) is 1.32. The van der Waals surface area contributed by atoms with Crippen molar-refractivity contribution < 1.29 is 19.1 Å². The van der Waals surface area contributed by atoms with Crippen molar-refractivity contribution in [3.8, 4) is 5.75 Å². The summed E-state index contributed by atoms with van der Waals surface area (Å²) in [6.07, 6.45) is 0. The van der Waals surface area contributed by atoms with E-state index in [0.717, 1.165) is 27.0 Å². The van der Waals surface area contributed by atoms with Crippen molar-refractivity contribution in [2.45, 2.75) is 13.5 Å². The van der Waals surface area contributed by atoms with Crippen LogP contribution >= 0.6 is 22.7 Å². The fourth-order valence-corrected chi connectivity index (χ4v) is 4.71. The van der Waals surface area contributed by atoms with Crippen LogP contribution in [0.25, 0.3) is 10.8 Å². The lowest BCUT2D eigenvalue weighted by Gasteiger charge is -2.06. The molecule has 0 unspecified atom stereocenters. The molecular formula is C23H19NO4S2. The molecule has 0 bridgehead atoms. The second kappa shape index (κ2) is 8.69. The van der Waals surface area contributed by atoms with Gasteiger partial charge in [-0.2, -0.15) is 0 Å². The number of hydrogen-bond donors (Lipinski definition) is 1. The lowest BCUT2D eigenvalue weighted by Crippen LogP contribution is -2.12. The van der Waals surface area contributed by atoms with Gasteiger partial charge in [-0.15, -0.1) is 22.7 Å². The number of aryl methyl sites for hydroxylation is 1. The Morgan fingerprint density at radius 1 is 1.03 bits per heavy atom. The predicted molar refractivity (Wildman–Crippen MR) is 121 cm³/mol. The first-order valence-electron chi connectivity index (χ1n) is 9.22. The zero-order valence-electron chi connectivity index (χ0n) is 16.4. The highest BCUT2D eigenvalue weighted by molar-refractivity contribution is 7.17. The molecule has 2 heterocycles. The molecule has 4 aromatic rings. The van der Waals surface area contributed by atoms with Crippen LogP contribution in [-0.4, -0.2) is 19.0 Å². The van der Waals surface area contributed by atoms with Crippen LogP contribution in [-0.2, 0) is 11.3 Å². The van der Waals surface area contributed by atoms with Crippen molar-refractivity contribution in [3.05, 3.63) is 80.9 Å². The molecule has 0 saturated carbocycles. The summed E-state index contributed by atoms with van der Waals surface area (Å²) in [4.78, 5) is 26.0. The number of thiophene rings is 2. The highest BCUT2D eigenvalue weighted by Gasteiger charge is 2.19. The van der Waals surface area contributed by atoms with E-state index in [-0.39, 0.29) is 5.91 Å². The molecular weight excluding hydrogens is 418 g/mol. The van der Waals surface area contributed by atoms with Crippen LogP contribution in [0.2, 0.25) is 0 Å². The Morgan fingerprint density at radius 3 is 2.63 bits per heavy atom. The highest BCUT2D eigenvalue weighted by Crippen LogP contribution is 2.29. The minimum atomic E-state index is -0.467. The van der Waals surface area contributed by atoms with Gasteiger partial charge in [-0.1, -0.05) is 30.3 Å². The molecule has 4 rings (SSSR count). The molecule has 30 heavy (non-hydrogen) atoms. The molecule has 0 atom stereocenters. The van der Waals surface area contributed by atoms with E-state index >= 15 is 0 Å². The second-order valence-electron chi connectivity index (χ2n) is 6.66. The van der Waals surface area contributed by atoms with Gasteiger partial charge in [-0.3, -0.25) is 4.79 Å². The molecule has 7 heteroatoms. The number of nitrogens with one attached hydrogen (secondary N) is 1. The number of carbonyl (C=O) groups is 2. The van der Waals surface area contributed by atoms with Crippen LogP contribution in [0.3, 0.4) is 0 Å². The van der Waals surface area contributed by atoms with E-state index in [9.17, 15) is 9.59 Å². The van der Waals surface area contributed by atoms with Gasteiger partial charge in [0.2, 0.25) is 0 Å². The summed E-state index contributed by atoms with van der Waals surface area (Å²) in [5.74, 6) is 0.0527. The number of esters is 1. The zero-order chi connectivity index (χ0) is 21.1. The van der Waals surface area contributed by atoms with Crippen molar-refractivity contribution in [2.24, 2.45) is 0 Å². The van der Waals surface area contributed by atoms with Crippen LogP contribution in [0.15, 0.2) is 60.0 Å². The normalized spacial score (nSPS) is 10.7. The molecule has 0 aliphatic carbocycles. The Hall–Kier alpha value is -3.16. The molecule has 0 aliphatic rings. The number of benzene rings is 2. The van der Waals surface area contributed by atoms with Crippen molar-refractivity contribution >= 4 is 50.3 Å². The standard InChI is InChI=1S/C23H19NO4S2/c1-14-9-19(23(26)27-2)22(30-14)24-21(25)20-10-15(13-29-20)12-28-18-8-7-16-5-3-4-6-17(16)11-18/h3-11,13H,12H2,1-2H3,(H,24,25).